The topological polar surface area (TPSA) is 41.1 Å². The summed E-state index contributed by atoms with van der Waals surface area (Å²) >= 11 is 0. The molecule has 98 valence electrons. The average molecular weight is 246 g/mol. The van der Waals surface area contributed by atoms with Crippen LogP contribution in [0.1, 0.15) is 31.7 Å². The molecule has 2 N–H and O–H groups in total. The fraction of sp³-hybridized carbons (Fsp3) is 0.533. The number of carbonyl (C=O) groups excluding carboxylic acids is 1. The molecule has 1 amide bonds. The molecule has 1 aromatic rings. The third-order valence-corrected chi connectivity index (χ3v) is 3.79. The third-order valence-electron chi connectivity index (χ3n) is 3.79. The van der Waals surface area contributed by atoms with Gasteiger partial charge in [-0.05, 0) is 49.3 Å². The molecule has 3 nitrogen and oxygen atoms in total. The van der Waals surface area contributed by atoms with Crippen molar-refractivity contribution < 1.29 is 4.79 Å². The molecule has 1 fully saturated rings. The van der Waals surface area contributed by atoms with Crippen LogP contribution >= 0.6 is 0 Å². The van der Waals surface area contributed by atoms with E-state index in [4.69, 9.17) is 0 Å². The lowest BCUT2D eigenvalue weighted by atomic mass is 10.0. The first-order valence-corrected chi connectivity index (χ1v) is 6.71. The Labute approximate surface area is 109 Å². The second-order valence-corrected chi connectivity index (χ2v) is 5.37. The molecular formula is C15H22N2O. The van der Waals surface area contributed by atoms with E-state index >= 15 is 0 Å². The maximum absolute atomic E-state index is 11.7. The van der Waals surface area contributed by atoms with Gasteiger partial charge in [-0.3, -0.25) is 4.79 Å². The van der Waals surface area contributed by atoms with E-state index in [1.807, 2.05) is 31.2 Å². The second kappa shape index (κ2) is 5.53. The molecule has 0 radical (unpaired) electrons. The Hall–Kier alpha value is -1.35. The van der Waals surface area contributed by atoms with Crippen molar-refractivity contribution >= 4 is 11.6 Å². The minimum Gasteiger partial charge on any atom is -0.325 e. The zero-order chi connectivity index (χ0) is 13.0. The number of carbonyl (C=O) groups is 1. The summed E-state index contributed by atoms with van der Waals surface area (Å²) in [5.41, 5.74) is 2.52. The molecule has 1 aliphatic rings. The fourth-order valence-electron chi connectivity index (χ4n) is 2.20. The lowest BCUT2D eigenvalue weighted by Crippen LogP contribution is -2.32. The van der Waals surface area contributed by atoms with Crippen LogP contribution in [0.25, 0.3) is 0 Å². The highest BCUT2D eigenvalue weighted by molar-refractivity contribution is 5.92. The van der Waals surface area contributed by atoms with Crippen LogP contribution in [0, 0.1) is 12.3 Å². The average Bonchev–Trinajstić information content (AvgIpc) is 3.10. The number of rotatable bonds is 6. The second-order valence-electron chi connectivity index (χ2n) is 5.37. The zero-order valence-corrected chi connectivity index (χ0v) is 11.3. The van der Waals surface area contributed by atoms with E-state index in [0.717, 1.165) is 17.8 Å². The van der Waals surface area contributed by atoms with Gasteiger partial charge in [-0.2, -0.15) is 0 Å². The van der Waals surface area contributed by atoms with Crippen LogP contribution in [0.15, 0.2) is 24.3 Å². The highest BCUT2D eigenvalue weighted by Crippen LogP contribution is 2.47. The number of benzene rings is 1. The van der Waals surface area contributed by atoms with E-state index in [1.54, 1.807) is 0 Å². The van der Waals surface area contributed by atoms with Gasteiger partial charge >= 0.3 is 0 Å². The third kappa shape index (κ3) is 3.57. The molecule has 0 bridgehead atoms. The Morgan fingerprint density at radius 3 is 2.78 bits per heavy atom. The molecule has 1 aliphatic carbocycles. The molecule has 0 unspecified atom stereocenters. The smallest absolute Gasteiger partial charge is 0.238 e. The van der Waals surface area contributed by atoms with Gasteiger partial charge in [0.2, 0.25) is 5.91 Å². The first-order chi connectivity index (χ1) is 8.63. The van der Waals surface area contributed by atoms with Gasteiger partial charge in [0.1, 0.15) is 0 Å². The molecule has 1 saturated carbocycles. The molecule has 2 rings (SSSR count). The molecule has 0 aliphatic heterocycles. The van der Waals surface area contributed by atoms with Gasteiger partial charge in [0, 0.05) is 12.2 Å². The molecule has 0 heterocycles. The Balaban J connectivity index is 1.72. The molecule has 3 heteroatoms. The summed E-state index contributed by atoms with van der Waals surface area (Å²) in [5.74, 6) is 0.0347. The van der Waals surface area contributed by atoms with E-state index in [-0.39, 0.29) is 5.91 Å². The van der Waals surface area contributed by atoms with Gasteiger partial charge in [0.05, 0.1) is 6.54 Å². The number of amides is 1. The molecular weight excluding hydrogens is 224 g/mol. The number of hydrogen-bond acceptors (Lipinski definition) is 2. The summed E-state index contributed by atoms with van der Waals surface area (Å²) < 4.78 is 0. The van der Waals surface area contributed by atoms with Gasteiger partial charge in [0.15, 0.2) is 0 Å². The van der Waals surface area contributed by atoms with Gasteiger partial charge in [0.25, 0.3) is 0 Å². The first kappa shape index (κ1) is 13.1. The highest BCUT2D eigenvalue weighted by Gasteiger charge is 2.39. The largest absolute Gasteiger partial charge is 0.325 e. The molecule has 0 saturated heterocycles. The number of nitrogens with one attached hydrogen (secondary N) is 2. The Morgan fingerprint density at radius 2 is 2.17 bits per heavy atom. The van der Waals surface area contributed by atoms with Crippen LogP contribution in [0.5, 0.6) is 0 Å². The van der Waals surface area contributed by atoms with Crippen molar-refractivity contribution in [1.29, 1.82) is 0 Å². The first-order valence-electron chi connectivity index (χ1n) is 6.71. The summed E-state index contributed by atoms with van der Waals surface area (Å²) in [6.45, 7) is 5.61. The van der Waals surface area contributed by atoms with Crippen LogP contribution in [0.3, 0.4) is 0 Å². The van der Waals surface area contributed by atoms with Crippen LogP contribution in [0.2, 0.25) is 0 Å². The predicted octanol–water partition coefficient (Wildman–Crippen LogP) is 2.71. The Morgan fingerprint density at radius 1 is 1.39 bits per heavy atom. The maximum Gasteiger partial charge on any atom is 0.238 e. The SMILES string of the molecule is CCC1(CNCC(=O)Nc2cccc(C)c2)CC1. The monoisotopic (exact) mass is 246 g/mol. The van der Waals surface area contributed by atoms with E-state index in [9.17, 15) is 4.79 Å². The van der Waals surface area contributed by atoms with Crippen molar-refractivity contribution in [2.24, 2.45) is 5.41 Å². The van der Waals surface area contributed by atoms with Crippen LogP contribution in [-0.4, -0.2) is 19.0 Å². The van der Waals surface area contributed by atoms with E-state index in [1.165, 1.54) is 19.3 Å². The normalized spacial score (nSPS) is 16.3. The van der Waals surface area contributed by atoms with Gasteiger partial charge in [-0.25, -0.2) is 0 Å². The van der Waals surface area contributed by atoms with Crippen molar-refractivity contribution in [3.05, 3.63) is 29.8 Å². The Kier molecular flexibility index (Phi) is 4.02. The van der Waals surface area contributed by atoms with E-state index in [0.29, 0.717) is 12.0 Å². The van der Waals surface area contributed by atoms with Crippen LogP contribution in [-0.2, 0) is 4.79 Å². The summed E-state index contributed by atoms with van der Waals surface area (Å²) in [5, 5.41) is 6.17. The number of hydrogen-bond donors (Lipinski definition) is 2. The predicted molar refractivity (Wildman–Crippen MR) is 74.6 cm³/mol. The van der Waals surface area contributed by atoms with Crippen molar-refractivity contribution in [2.45, 2.75) is 33.1 Å². The summed E-state index contributed by atoms with van der Waals surface area (Å²) in [4.78, 5) is 11.7. The van der Waals surface area contributed by atoms with E-state index < -0.39 is 0 Å². The molecule has 18 heavy (non-hydrogen) atoms. The van der Waals surface area contributed by atoms with Crippen molar-refractivity contribution in [2.75, 3.05) is 18.4 Å². The summed E-state index contributed by atoms with van der Waals surface area (Å²) in [6, 6.07) is 7.87. The Bertz CT molecular complexity index is 424. The molecule has 0 spiro atoms. The molecule has 1 aromatic carbocycles. The standard InChI is InChI=1S/C15H22N2O/c1-3-15(7-8-15)11-16-10-14(18)17-13-6-4-5-12(2)9-13/h4-6,9,16H,3,7-8,10-11H2,1-2H3,(H,17,18). The quantitative estimate of drug-likeness (QED) is 0.810. The molecule has 0 aromatic heterocycles. The highest BCUT2D eigenvalue weighted by atomic mass is 16.1. The van der Waals surface area contributed by atoms with Crippen LogP contribution < -0.4 is 10.6 Å². The number of anilines is 1. The fourth-order valence-corrected chi connectivity index (χ4v) is 2.20. The summed E-state index contributed by atoms with van der Waals surface area (Å²) in [7, 11) is 0. The molecule has 0 atom stereocenters. The maximum atomic E-state index is 11.7. The minimum atomic E-state index is 0.0347. The lowest BCUT2D eigenvalue weighted by Gasteiger charge is -2.13. The van der Waals surface area contributed by atoms with Crippen molar-refractivity contribution in [1.82, 2.24) is 5.32 Å². The zero-order valence-electron chi connectivity index (χ0n) is 11.3. The summed E-state index contributed by atoms with van der Waals surface area (Å²) in [6.07, 6.45) is 3.81. The van der Waals surface area contributed by atoms with Gasteiger partial charge < -0.3 is 10.6 Å². The van der Waals surface area contributed by atoms with E-state index in [2.05, 4.69) is 17.6 Å². The van der Waals surface area contributed by atoms with Crippen molar-refractivity contribution in [3.8, 4) is 0 Å². The van der Waals surface area contributed by atoms with Crippen LogP contribution in [0.4, 0.5) is 5.69 Å². The minimum absolute atomic E-state index is 0.0347. The number of aryl methyl sites for hydroxylation is 1. The van der Waals surface area contributed by atoms with Crippen molar-refractivity contribution in [3.63, 3.8) is 0 Å². The van der Waals surface area contributed by atoms with Gasteiger partial charge in [-0.15, -0.1) is 0 Å². The lowest BCUT2D eigenvalue weighted by molar-refractivity contribution is -0.115. The van der Waals surface area contributed by atoms with Gasteiger partial charge in [-0.1, -0.05) is 19.1 Å².